The molecule has 118 valence electrons. The van der Waals surface area contributed by atoms with Gasteiger partial charge >= 0.3 is 0 Å². The third kappa shape index (κ3) is 3.18. The van der Waals surface area contributed by atoms with E-state index >= 15 is 0 Å². The second-order valence-corrected chi connectivity index (χ2v) is 5.54. The van der Waals surface area contributed by atoms with Gasteiger partial charge in [-0.3, -0.25) is 9.59 Å². The van der Waals surface area contributed by atoms with Gasteiger partial charge < -0.3 is 15.5 Å². The summed E-state index contributed by atoms with van der Waals surface area (Å²) in [6.45, 7) is 2.11. The second-order valence-electron chi connectivity index (χ2n) is 5.54. The zero-order chi connectivity index (χ0) is 16.2. The van der Waals surface area contributed by atoms with E-state index in [0.29, 0.717) is 43.0 Å². The van der Waals surface area contributed by atoms with Crippen LogP contribution in [0, 0.1) is 0 Å². The van der Waals surface area contributed by atoms with Gasteiger partial charge in [0.2, 0.25) is 0 Å². The second kappa shape index (κ2) is 6.52. The molecule has 2 aromatic carbocycles. The van der Waals surface area contributed by atoms with E-state index in [4.69, 9.17) is 5.73 Å². The van der Waals surface area contributed by atoms with Crippen LogP contribution in [0.25, 0.3) is 0 Å². The molecule has 1 saturated heterocycles. The average molecular weight is 309 g/mol. The monoisotopic (exact) mass is 309 g/mol. The molecule has 23 heavy (non-hydrogen) atoms. The summed E-state index contributed by atoms with van der Waals surface area (Å²) in [7, 11) is 0. The van der Waals surface area contributed by atoms with Gasteiger partial charge in [0.1, 0.15) is 0 Å². The van der Waals surface area contributed by atoms with E-state index in [9.17, 15) is 9.59 Å². The first-order valence-corrected chi connectivity index (χ1v) is 7.65. The lowest BCUT2D eigenvalue weighted by Gasteiger charge is -2.35. The van der Waals surface area contributed by atoms with Crippen molar-refractivity contribution in [3.05, 3.63) is 65.7 Å². The molecule has 0 aromatic heterocycles. The van der Waals surface area contributed by atoms with Crippen LogP contribution < -0.4 is 5.73 Å². The van der Waals surface area contributed by atoms with Crippen LogP contribution in [-0.4, -0.2) is 47.8 Å². The molecular weight excluding hydrogens is 290 g/mol. The molecule has 0 saturated carbocycles. The van der Waals surface area contributed by atoms with Gasteiger partial charge in [-0.2, -0.15) is 0 Å². The van der Waals surface area contributed by atoms with E-state index in [2.05, 4.69) is 0 Å². The minimum atomic E-state index is -0.0742. The lowest BCUT2D eigenvalue weighted by atomic mass is 10.1. The van der Waals surface area contributed by atoms with Crippen LogP contribution in [0.3, 0.4) is 0 Å². The summed E-state index contributed by atoms with van der Waals surface area (Å²) in [5, 5.41) is 0. The number of nitrogens with two attached hydrogens (primary N) is 1. The van der Waals surface area contributed by atoms with Crippen LogP contribution in [0.1, 0.15) is 20.7 Å². The molecule has 0 radical (unpaired) electrons. The van der Waals surface area contributed by atoms with Crippen molar-refractivity contribution in [1.82, 2.24) is 9.80 Å². The smallest absolute Gasteiger partial charge is 0.256 e. The zero-order valence-corrected chi connectivity index (χ0v) is 12.8. The minimum absolute atomic E-state index is 0.0110. The van der Waals surface area contributed by atoms with Crippen molar-refractivity contribution in [1.29, 1.82) is 0 Å². The fourth-order valence-electron chi connectivity index (χ4n) is 2.74. The molecule has 2 N–H and O–H groups in total. The van der Waals surface area contributed by atoms with E-state index in [1.54, 1.807) is 28.0 Å². The number of hydrogen-bond donors (Lipinski definition) is 1. The van der Waals surface area contributed by atoms with Gasteiger partial charge in [0.05, 0.1) is 5.56 Å². The number of amides is 2. The molecule has 3 rings (SSSR count). The number of nitrogens with zero attached hydrogens (tertiary/aromatic N) is 2. The molecule has 1 aliphatic rings. The molecule has 1 heterocycles. The molecular formula is C18H19N3O2. The maximum Gasteiger partial charge on any atom is 0.256 e. The number of para-hydroxylation sites is 1. The molecule has 0 bridgehead atoms. The summed E-state index contributed by atoms with van der Waals surface area (Å²) < 4.78 is 0. The molecule has 1 fully saturated rings. The van der Waals surface area contributed by atoms with E-state index in [-0.39, 0.29) is 11.8 Å². The van der Waals surface area contributed by atoms with Crippen molar-refractivity contribution >= 4 is 17.5 Å². The Bertz CT molecular complexity index is 707. The first-order chi connectivity index (χ1) is 11.2. The van der Waals surface area contributed by atoms with Crippen LogP contribution >= 0.6 is 0 Å². The highest BCUT2D eigenvalue weighted by Gasteiger charge is 2.26. The Kier molecular flexibility index (Phi) is 4.28. The van der Waals surface area contributed by atoms with Gasteiger partial charge in [-0.1, -0.05) is 30.3 Å². The van der Waals surface area contributed by atoms with E-state index in [0.717, 1.165) is 0 Å². The Balaban J connectivity index is 1.64. The lowest BCUT2D eigenvalue weighted by molar-refractivity contribution is 0.0536. The van der Waals surface area contributed by atoms with Gasteiger partial charge in [0, 0.05) is 37.4 Å². The van der Waals surface area contributed by atoms with Crippen LogP contribution in [0.5, 0.6) is 0 Å². The van der Waals surface area contributed by atoms with Gasteiger partial charge in [-0.15, -0.1) is 0 Å². The van der Waals surface area contributed by atoms with Crippen molar-refractivity contribution in [2.45, 2.75) is 0 Å². The van der Waals surface area contributed by atoms with Crippen molar-refractivity contribution in [2.24, 2.45) is 0 Å². The lowest BCUT2D eigenvalue weighted by Crippen LogP contribution is -2.50. The number of benzene rings is 2. The molecule has 2 aromatic rings. The Labute approximate surface area is 135 Å². The highest BCUT2D eigenvalue weighted by atomic mass is 16.2. The molecule has 5 heteroatoms. The first-order valence-electron chi connectivity index (χ1n) is 7.65. The van der Waals surface area contributed by atoms with E-state index < -0.39 is 0 Å². The largest absolute Gasteiger partial charge is 0.398 e. The normalized spacial score (nSPS) is 14.6. The van der Waals surface area contributed by atoms with Crippen molar-refractivity contribution in [2.75, 3.05) is 31.9 Å². The van der Waals surface area contributed by atoms with Crippen molar-refractivity contribution < 1.29 is 9.59 Å². The number of hydrogen-bond acceptors (Lipinski definition) is 3. The summed E-state index contributed by atoms with van der Waals surface area (Å²) >= 11 is 0. The standard InChI is InChI=1S/C18H19N3O2/c19-16-9-5-4-8-15(16)18(23)21-12-10-20(11-13-21)17(22)14-6-2-1-3-7-14/h1-9H,10-13,19H2. The van der Waals surface area contributed by atoms with Crippen molar-refractivity contribution in [3.63, 3.8) is 0 Å². The van der Waals surface area contributed by atoms with Crippen LogP contribution in [0.2, 0.25) is 0 Å². The predicted molar refractivity (Wildman–Crippen MR) is 89.1 cm³/mol. The molecule has 0 aliphatic carbocycles. The van der Waals surface area contributed by atoms with Crippen LogP contribution in [0.15, 0.2) is 54.6 Å². The zero-order valence-electron chi connectivity index (χ0n) is 12.8. The van der Waals surface area contributed by atoms with Gasteiger partial charge in [-0.05, 0) is 24.3 Å². The topological polar surface area (TPSA) is 66.6 Å². The van der Waals surface area contributed by atoms with Gasteiger partial charge in [-0.25, -0.2) is 0 Å². The molecule has 2 amide bonds. The number of carbonyl (C=O) groups excluding carboxylic acids is 2. The molecule has 0 spiro atoms. The third-order valence-corrected chi connectivity index (χ3v) is 4.07. The highest BCUT2D eigenvalue weighted by Crippen LogP contribution is 2.16. The summed E-state index contributed by atoms with van der Waals surface area (Å²) in [5.41, 5.74) is 7.56. The predicted octanol–water partition coefficient (Wildman–Crippen LogP) is 1.87. The maximum atomic E-state index is 12.5. The Morgan fingerprint density at radius 3 is 1.87 bits per heavy atom. The quantitative estimate of drug-likeness (QED) is 0.861. The Hall–Kier alpha value is -2.82. The van der Waals surface area contributed by atoms with E-state index in [1.165, 1.54) is 0 Å². The number of anilines is 1. The maximum absolute atomic E-state index is 12.5. The molecule has 0 unspecified atom stereocenters. The van der Waals surface area contributed by atoms with Gasteiger partial charge in [0.25, 0.3) is 11.8 Å². The third-order valence-electron chi connectivity index (χ3n) is 4.07. The van der Waals surface area contributed by atoms with Gasteiger partial charge in [0.15, 0.2) is 0 Å². The number of piperazine rings is 1. The fourth-order valence-corrected chi connectivity index (χ4v) is 2.74. The van der Waals surface area contributed by atoms with Crippen LogP contribution in [-0.2, 0) is 0 Å². The molecule has 0 atom stereocenters. The average Bonchev–Trinajstić information content (AvgIpc) is 2.62. The van der Waals surface area contributed by atoms with E-state index in [1.807, 2.05) is 36.4 Å². The minimum Gasteiger partial charge on any atom is -0.398 e. The SMILES string of the molecule is Nc1ccccc1C(=O)N1CCN(C(=O)c2ccccc2)CC1. The number of carbonyl (C=O) groups is 2. The number of nitrogen functional groups attached to an aromatic ring is 1. The summed E-state index contributed by atoms with van der Waals surface area (Å²) in [5.74, 6) is -0.0631. The molecule has 5 nitrogen and oxygen atoms in total. The first kappa shape index (κ1) is 15.1. The summed E-state index contributed by atoms with van der Waals surface area (Å²) in [4.78, 5) is 28.4. The summed E-state index contributed by atoms with van der Waals surface area (Å²) in [6.07, 6.45) is 0. The fraction of sp³-hybridized carbons (Fsp3) is 0.222. The summed E-state index contributed by atoms with van der Waals surface area (Å²) in [6, 6.07) is 16.3. The van der Waals surface area contributed by atoms with Crippen LogP contribution in [0.4, 0.5) is 5.69 Å². The van der Waals surface area contributed by atoms with Crippen molar-refractivity contribution in [3.8, 4) is 0 Å². The molecule has 1 aliphatic heterocycles. The Morgan fingerprint density at radius 2 is 1.26 bits per heavy atom. The highest BCUT2D eigenvalue weighted by molar-refractivity contribution is 5.99. The number of rotatable bonds is 2. The Morgan fingerprint density at radius 1 is 0.739 bits per heavy atom.